The van der Waals surface area contributed by atoms with Gasteiger partial charge in [-0.15, -0.1) is 0 Å². The summed E-state index contributed by atoms with van der Waals surface area (Å²) in [6.07, 6.45) is 6.62. The van der Waals surface area contributed by atoms with E-state index in [0.717, 1.165) is 25.7 Å². The molecule has 0 unspecified atom stereocenters. The van der Waals surface area contributed by atoms with Crippen molar-refractivity contribution >= 4 is 30.0 Å². The summed E-state index contributed by atoms with van der Waals surface area (Å²) >= 11 is 0. The van der Waals surface area contributed by atoms with Crippen molar-refractivity contribution in [2.75, 3.05) is 18.4 Å². The van der Waals surface area contributed by atoms with Gasteiger partial charge in [0.15, 0.2) is 0 Å². The van der Waals surface area contributed by atoms with Crippen LogP contribution >= 0.6 is 0 Å². The van der Waals surface area contributed by atoms with Crippen molar-refractivity contribution in [2.24, 2.45) is 11.8 Å². The van der Waals surface area contributed by atoms with Crippen molar-refractivity contribution in [3.63, 3.8) is 0 Å². The number of anilines is 1. The second kappa shape index (κ2) is 10.3. The van der Waals surface area contributed by atoms with Crippen molar-refractivity contribution in [3.8, 4) is 0 Å². The van der Waals surface area contributed by atoms with Crippen molar-refractivity contribution in [2.45, 2.75) is 44.6 Å². The summed E-state index contributed by atoms with van der Waals surface area (Å²) in [4.78, 5) is 52.0. The third kappa shape index (κ3) is 5.76. The molecule has 0 aromatic carbocycles. The lowest BCUT2D eigenvalue weighted by atomic mass is 9.92. The first-order valence-electron chi connectivity index (χ1n) is 10.4. The summed E-state index contributed by atoms with van der Waals surface area (Å²) in [7, 11) is 0. The Balaban J connectivity index is 1.70. The van der Waals surface area contributed by atoms with Gasteiger partial charge in [0, 0.05) is 12.7 Å². The number of carbonyl (C=O) groups is 4. The summed E-state index contributed by atoms with van der Waals surface area (Å²) in [5.74, 6) is -2.23. The monoisotopic (exact) mass is 433 g/mol. The Morgan fingerprint density at radius 3 is 2.74 bits per heavy atom. The van der Waals surface area contributed by atoms with Gasteiger partial charge in [-0.2, -0.15) is 0 Å². The Bertz CT molecular complexity index is 828. The van der Waals surface area contributed by atoms with E-state index in [4.69, 9.17) is 5.11 Å². The minimum absolute atomic E-state index is 0.0173. The summed E-state index contributed by atoms with van der Waals surface area (Å²) in [5, 5.41) is 23.0. The van der Waals surface area contributed by atoms with Crippen LogP contribution in [0.1, 0.15) is 48.9 Å². The smallest absolute Gasteiger partial charge is 0.335 e. The first-order chi connectivity index (χ1) is 14.9. The highest BCUT2D eigenvalue weighted by Crippen LogP contribution is 2.31. The number of aromatic carboxylic acids is 1. The normalized spacial score (nSPS) is 19.8. The molecule has 0 radical (unpaired) electrons. The van der Waals surface area contributed by atoms with Crippen molar-refractivity contribution in [3.05, 3.63) is 23.9 Å². The SMILES string of the molecule is O=CN(O)C[C@@H](CC1CCCC1)C(=O)N1NCC[C@H]1C(=O)Nc1cc(C(=O)O)ccn1. The summed E-state index contributed by atoms with van der Waals surface area (Å²) in [6.45, 7) is 0.257. The predicted molar refractivity (Wildman–Crippen MR) is 108 cm³/mol. The van der Waals surface area contributed by atoms with E-state index in [1.807, 2.05) is 0 Å². The van der Waals surface area contributed by atoms with Gasteiger partial charge in [0.2, 0.25) is 18.2 Å². The fourth-order valence-electron chi connectivity index (χ4n) is 4.25. The summed E-state index contributed by atoms with van der Waals surface area (Å²) < 4.78 is 0. The molecule has 1 aromatic heterocycles. The molecule has 11 nitrogen and oxygen atoms in total. The number of carbonyl (C=O) groups excluding carboxylic acids is 3. The zero-order chi connectivity index (χ0) is 22.4. The van der Waals surface area contributed by atoms with Crippen LogP contribution in [-0.4, -0.2) is 68.7 Å². The molecule has 2 fully saturated rings. The van der Waals surface area contributed by atoms with Crippen LogP contribution in [0.15, 0.2) is 18.3 Å². The second-order valence-corrected chi connectivity index (χ2v) is 7.96. The fourth-order valence-corrected chi connectivity index (χ4v) is 4.25. The van der Waals surface area contributed by atoms with Crippen LogP contribution < -0.4 is 10.7 Å². The minimum atomic E-state index is -1.14. The average molecular weight is 433 g/mol. The molecule has 0 spiro atoms. The van der Waals surface area contributed by atoms with Crippen LogP contribution in [0.5, 0.6) is 0 Å². The topological polar surface area (TPSA) is 152 Å². The molecule has 1 saturated heterocycles. The number of nitrogens with one attached hydrogen (secondary N) is 2. The van der Waals surface area contributed by atoms with Gasteiger partial charge in [0.05, 0.1) is 18.0 Å². The molecule has 0 bridgehead atoms. The number of hydrogen-bond donors (Lipinski definition) is 4. The maximum absolute atomic E-state index is 13.2. The van der Waals surface area contributed by atoms with Crippen LogP contribution in [-0.2, 0) is 14.4 Å². The molecular formula is C20H27N5O6. The highest BCUT2D eigenvalue weighted by atomic mass is 16.5. The van der Waals surface area contributed by atoms with Gasteiger partial charge in [0.25, 0.3) is 0 Å². The fraction of sp³-hybridized carbons (Fsp3) is 0.550. The molecule has 168 valence electrons. The quantitative estimate of drug-likeness (QED) is 0.254. The number of hydroxylamine groups is 2. The molecule has 1 aromatic rings. The van der Waals surface area contributed by atoms with Gasteiger partial charge in [-0.25, -0.2) is 20.3 Å². The molecule has 2 aliphatic rings. The first kappa shape index (κ1) is 22.6. The molecule has 2 heterocycles. The molecule has 3 rings (SSSR count). The Kier molecular flexibility index (Phi) is 7.53. The van der Waals surface area contributed by atoms with Crippen LogP contribution in [0.3, 0.4) is 0 Å². The molecule has 4 N–H and O–H groups in total. The molecule has 3 amide bonds. The average Bonchev–Trinajstić information content (AvgIpc) is 3.45. The number of carboxylic acids is 1. The van der Waals surface area contributed by atoms with Crippen molar-refractivity contribution in [1.82, 2.24) is 20.5 Å². The highest BCUT2D eigenvalue weighted by Gasteiger charge is 2.39. The number of hydrazine groups is 1. The van der Waals surface area contributed by atoms with Crippen molar-refractivity contribution < 1.29 is 29.5 Å². The standard InChI is InChI=1S/C20H27N5O6/c26-12-24(31)11-15(9-13-3-1-2-4-13)19(28)25-16(6-8-22-25)18(27)23-17-10-14(20(29)30)5-7-21-17/h5,7,10,12-13,15-16,22,31H,1-4,6,8-9,11H2,(H,29,30)(H,21,23,27)/t15-,16+/m1/s1. The molecular weight excluding hydrogens is 406 g/mol. The van der Waals surface area contributed by atoms with Crippen LogP contribution in [0.2, 0.25) is 0 Å². The van der Waals surface area contributed by atoms with E-state index >= 15 is 0 Å². The lowest BCUT2D eigenvalue weighted by Crippen LogP contribution is -2.51. The maximum Gasteiger partial charge on any atom is 0.335 e. The number of carboxylic acid groups (broad SMARTS) is 1. The Morgan fingerprint density at radius 2 is 2.06 bits per heavy atom. The number of aromatic nitrogens is 1. The number of amides is 3. The van der Waals surface area contributed by atoms with Crippen LogP contribution in [0.25, 0.3) is 0 Å². The minimum Gasteiger partial charge on any atom is -0.478 e. The first-order valence-corrected chi connectivity index (χ1v) is 10.4. The lowest BCUT2D eigenvalue weighted by molar-refractivity contribution is -0.159. The Morgan fingerprint density at radius 1 is 1.32 bits per heavy atom. The zero-order valence-electron chi connectivity index (χ0n) is 17.1. The molecule has 2 atom stereocenters. The van der Waals surface area contributed by atoms with E-state index in [-0.39, 0.29) is 30.2 Å². The predicted octanol–water partition coefficient (Wildman–Crippen LogP) is 0.868. The number of nitrogens with zero attached hydrogens (tertiary/aromatic N) is 3. The lowest BCUT2D eigenvalue weighted by Gasteiger charge is -2.29. The van der Waals surface area contributed by atoms with E-state index in [1.54, 1.807) is 0 Å². The second-order valence-electron chi connectivity index (χ2n) is 7.96. The number of hydrogen-bond acceptors (Lipinski definition) is 7. The number of pyridine rings is 1. The van der Waals surface area contributed by atoms with Gasteiger partial charge in [-0.05, 0) is 30.9 Å². The van der Waals surface area contributed by atoms with E-state index in [9.17, 15) is 24.4 Å². The van der Waals surface area contributed by atoms with Gasteiger partial charge in [0.1, 0.15) is 11.9 Å². The van der Waals surface area contributed by atoms with Gasteiger partial charge in [-0.1, -0.05) is 25.7 Å². The van der Waals surface area contributed by atoms with E-state index in [0.29, 0.717) is 30.4 Å². The van der Waals surface area contributed by atoms with Crippen LogP contribution in [0.4, 0.5) is 5.82 Å². The maximum atomic E-state index is 13.2. The van der Waals surface area contributed by atoms with E-state index in [2.05, 4.69) is 15.7 Å². The zero-order valence-corrected chi connectivity index (χ0v) is 17.1. The summed E-state index contributed by atoms with van der Waals surface area (Å²) in [5.41, 5.74) is 2.90. The molecule has 1 aliphatic carbocycles. The summed E-state index contributed by atoms with van der Waals surface area (Å²) in [6, 6.07) is 1.73. The molecule has 1 saturated carbocycles. The van der Waals surface area contributed by atoms with E-state index in [1.165, 1.54) is 23.3 Å². The third-order valence-corrected chi connectivity index (χ3v) is 5.78. The molecule has 11 heteroatoms. The molecule has 1 aliphatic heterocycles. The van der Waals surface area contributed by atoms with Gasteiger partial charge >= 0.3 is 5.97 Å². The highest BCUT2D eigenvalue weighted by molar-refractivity contribution is 5.98. The number of rotatable bonds is 9. The Hall–Kier alpha value is -3.05. The van der Waals surface area contributed by atoms with Gasteiger partial charge in [-0.3, -0.25) is 24.6 Å². The van der Waals surface area contributed by atoms with E-state index < -0.39 is 23.8 Å². The molecule has 31 heavy (non-hydrogen) atoms. The Labute approximate surface area is 179 Å². The van der Waals surface area contributed by atoms with Gasteiger partial charge < -0.3 is 10.4 Å². The van der Waals surface area contributed by atoms with Crippen molar-refractivity contribution in [1.29, 1.82) is 0 Å². The van der Waals surface area contributed by atoms with Crippen LogP contribution in [0, 0.1) is 11.8 Å². The third-order valence-electron chi connectivity index (χ3n) is 5.78. The largest absolute Gasteiger partial charge is 0.478 e.